The van der Waals surface area contributed by atoms with Crippen molar-refractivity contribution in [3.8, 4) is 17.2 Å². The minimum absolute atomic E-state index is 0.000569. The molecule has 0 saturated heterocycles. The summed E-state index contributed by atoms with van der Waals surface area (Å²) in [6, 6.07) is 8.72. The van der Waals surface area contributed by atoms with Crippen LogP contribution in [0.15, 0.2) is 41.3 Å². The number of sulfonamides is 1. The van der Waals surface area contributed by atoms with E-state index in [0.717, 1.165) is 6.07 Å². The Morgan fingerprint density at radius 2 is 1.96 bits per heavy atom. The maximum Gasteiger partial charge on any atom is 0.335 e. The summed E-state index contributed by atoms with van der Waals surface area (Å²) in [6.45, 7) is 0.128. The Kier molecular flexibility index (Phi) is 4.51. The molecule has 0 aromatic heterocycles. The first-order valence-electron chi connectivity index (χ1n) is 7.20. The zero-order valence-corrected chi connectivity index (χ0v) is 14.0. The normalized spacial score (nSPS) is 12.8. The van der Waals surface area contributed by atoms with E-state index in [9.17, 15) is 13.2 Å². The SMILES string of the molecule is COc1ccc(C(=O)O)cc1S(=O)(=O)NCc1ccc2c(c1)OCO2. The van der Waals surface area contributed by atoms with Crippen LogP contribution in [0.3, 0.4) is 0 Å². The second-order valence-corrected chi connectivity index (χ2v) is 6.92. The van der Waals surface area contributed by atoms with Gasteiger partial charge in [0.15, 0.2) is 11.5 Å². The van der Waals surface area contributed by atoms with Crippen molar-refractivity contribution in [1.29, 1.82) is 0 Å². The van der Waals surface area contributed by atoms with E-state index >= 15 is 0 Å². The summed E-state index contributed by atoms with van der Waals surface area (Å²) in [7, 11) is -2.67. The molecule has 1 aliphatic heterocycles. The Balaban J connectivity index is 1.84. The molecule has 132 valence electrons. The fraction of sp³-hybridized carbons (Fsp3) is 0.188. The molecular weight excluding hydrogens is 350 g/mol. The number of aromatic carboxylic acids is 1. The Morgan fingerprint density at radius 1 is 1.20 bits per heavy atom. The van der Waals surface area contributed by atoms with Gasteiger partial charge in [0, 0.05) is 6.54 Å². The number of rotatable bonds is 6. The van der Waals surface area contributed by atoms with Crippen molar-refractivity contribution in [2.45, 2.75) is 11.4 Å². The van der Waals surface area contributed by atoms with Crippen LogP contribution < -0.4 is 18.9 Å². The molecule has 1 aliphatic rings. The third kappa shape index (κ3) is 3.52. The van der Waals surface area contributed by atoms with E-state index in [-0.39, 0.29) is 29.5 Å². The van der Waals surface area contributed by atoms with Gasteiger partial charge < -0.3 is 19.3 Å². The van der Waals surface area contributed by atoms with E-state index in [1.807, 2.05) is 0 Å². The average molecular weight is 365 g/mol. The molecular formula is C16H15NO7S. The Morgan fingerprint density at radius 3 is 2.68 bits per heavy atom. The molecule has 0 saturated carbocycles. The maximum absolute atomic E-state index is 12.6. The van der Waals surface area contributed by atoms with Crippen molar-refractivity contribution in [2.24, 2.45) is 0 Å². The summed E-state index contributed by atoms with van der Waals surface area (Å²) in [5, 5.41) is 9.05. The summed E-state index contributed by atoms with van der Waals surface area (Å²) in [6.07, 6.45) is 0. The first-order valence-corrected chi connectivity index (χ1v) is 8.68. The third-order valence-corrected chi connectivity index (χ3v) is 5.03. The van der Waals surface area contributed by atoms with Crippen LogP contribution in [0.5, 0.6) is 17.2 Å². The molecule has 8 nitrogen and oxygen atoms in total. The van der Waals surface area contributed by atoms with Gasteiger partial charge in [0.1, 0.15) is 10.6 Å². The molecule has 25 heavy (non-hydrogen) atoms. The van der Waals surface area contributed by atoms with Gasteiger partial charge >= 0.3 is 5.97 Å². The summed E-state index contributed by atoms with van der Waals surface area (Å²) >= 11 is 0. The lowest BCUT2D eigenvalue weighted by molar-refractivity contribution is 0.0696. The highest BCUT2D eigenvalue weighted by Crippen LogP contribution is 2.32. The summed E-state index contributed by atoms with van der Waals surface area (Å²) in [4.78, 5) is 10.8. The van der Waals surface area contributed by atoms with Gasteiger partial charge in [-0.15, -0.1) is 0 Å². The van der Waals surface area contributed by atoms with E-state index in [4.69, 9.17) is 19.3 Å². The second-order valence-electron chi connectivity index (χ2n) is 5.18. The molecule has 2 N–H and O–H groups in total. The first kappa shape index (κ1) is 17.1. The average Bonchev–Trinajstić information content (AvgIpc) is 3.07. The molecule has 0 unspecified atom stereocenters. The van der Waals surface area contributed by atoms with Gasteiger partial charge in [0.25, 0.3) is 0 Å². The van der Waals surface area contributed by atoms with Gasteiger partial charge in [0.05, 0.1) is 12.7 Å². The van der Waals surface area contributed by atoms with Crippen molar-refractivity contribution in [3.05, 3.63) is 47.5 Å². The molecule has 0 atom stereocenters. The standard InChI is InChI=1S/C16H15NO7S/c1-22-13-5-3-11(16(18)19)7-15(13)25(20,21)17-8-10-2-4-12-14(6-10)24-9-23-12/h2-7,17H,8-9H2,1H3,(H,18,19). The number of benzene rings is 2. The minimum Gasteiger partial charge on any atom is -0.495 e. The molecule has 2 aromatic carbocycles. The Hall–Kier alpha value is -2.78. The zero-order chi connectivity index (χ0) is 18.0. The lowest BCUT2D eigenvalue weighted by Crippen LogP contribution is -2.24. The minimum atomic E-state index is -3.98. The topological polar surface area (TPSA) is 111 Å². The van der Waals surface area contributed by atoms with Crippen molar-refractivity contribution < 1.29 is 32.5 Å². The van der Waals surface area contributed by atoms with E-state index in [2.05, 4.69) is 4.72 Å². The van der Waals surface area contributed by atoms with Crippen molar-refractivity contribution in [3.63, 3.8) is 0 Å². The Bertz CT molecular complexity index is 924. The molecule has 3 rings (SSSR count). The van der Waals surface area contributed by atoms with E-state index < -0.39 is 16.0 Å². The smallest absolute Gasteiger partial charge is 0.335 e. The van der Waals surface area contributed by atoms with E-state index in [0.29, 0.717) is 17.1 Å². The number of fused-ring (bicyclic) bond motifs is 1. The lowest BCUT2D eigenvalue weighted by Gasteiger charge is -2.12. The molecule has 0 radical (unpaired) electrons. The maximum atomic E-state index is 12.6. The van der Waals surface area contributed by atoms with Crippen LogP contribution in [0, 0.1) is 0 Å². The number of ether oxygens (including phenoxy) is 3. The monoisotopic (exact) mass is 365 g/mol. The largest absolute Gasteiger partial charge is 0.495 e. The highest BCUT2D eigenvalue weighted by atomic mass is 32.2. The van der Waals surface area contributed by atoms with Crippen LogP contribution in [0.1, 0.15) is 15.9 Å². The second kappa shape index (κ2) is 6.61. The van der Waals surface area contributed by atoms with Crippen molar-refractivity contribution in [1.82, 2.24) is 4.72 Å². The quantitative estimate of drug-likeness (QED) is 0.800. The molecule has 9 heteroatoms. The first-order chi connectivity index (χ1) is 11.9. The number of carboxylic acid groups (broad SMARTS) is 1. The van der Waals surface area contributed by atoms with Crippen LogP contribution in [-0.4, -0.2) is 33.4 Å². The lowest BCUT2D eigenvalue weighted by atomic mass is 10.2. The van der Waals surface area contributed by atoms with Gasteiger partial charge in [-0.2, -0.15) is 0 Å². The molecule has 0 aliphatic carbocycles. The number of hydrogen-bond donors (Lipinski definition) is 2. The fourth-order valence-electron chi connectivity index (χ4n) is 2.33. The molecule has 0 spiro atoms. The highest BCUT2D eigenvalue weighted by Gasteiger charge is 2.22. The molecule has 0 bridgehead atoms. The number of nitrogens with one attached hydrogen (secondary N) is 1. The molecule has 0 amide bonds. The van der Waals surface area contributed by atoms with Gasteiger partial charge in [-0.25, -0.2) is 17.9 Å². The molecule has 1 heterocycles. The van der Waals surface area contributed by atoms with Gasteiger partial charge in [-0.05, 0) is 35.9 Å². The predicted molar refractivity (Wildman–Crippen MR) is 86.5 cm³/mol. The van der Waals surface area contributed by atoms with Crippen molar-refractivity contribution in [2.75, 3.05) is 13.9 Å². The Labute approximate surface area is 144 Å². The number of methoxy groups -OCH3 is 1. The number of carboxylic acids is 1. The number of carbonyl (C=O) groups is 1. The molecule has 2 aromatic rings. The van der Waals surface area contributed by atoms with Gasteiger partial charge in [0.2, 0.25) is 16.8 Å². The van der Waals surface area contributed by atoms with Crippen LogP contribution in [-0.2, 0) is 16.6 Å². The summed E-state index contributed by atoms with van der Waals surface area (Å²) < 4.78 is 43.0. The van der Waals surface area contributed by atoms with Crippen LogP contribution in [0.2, 0.25) is 0 Å². The predicted octanol–water partition coefficient (Wildman–Crippen LogP) is 1.60. The van der Waals surface area contributed by atoms with E-state index in [1.165, 1.54) is 19.2 Å². The number of hydrogen-bond acceptors (Lipinski definition) is 6. The van der Waals surface area contributed by atoms with Crippen LogP contribution in [0.4, 0.5) is 0 Å². The fourth-order valence-corrected chi connectivity index (χ4v) is 3.54. The zero-order valence-electron chi connectivity index (χ0n) is 13.2. The molecule has 0 fully saturated rings. The van der Waals surface area contributed by atoms with Crippen LogP contribution in [0.25, 0.3) is 0 Å². The van der Waals surface area contributed by atoms with Gasteiger partial charge in [-0.3, -0.25) is 0 Å². The van der Waals surface area contributed by atoms with Crippen molar-refractivity contribution >= 4 is 16.0 Å². The summed E-state index contributed by atoms with van der Waals surface area (Å²) in [5.41, 5.74) is 0.519. The highest BCUT2D eigenvalue weighted by molar-refractivity contribution is 7.89. The summed E-state index contributed by atoms with van der Waals surface area (Å²) in [5.74, 6) is -0.0253. The van der Waals surface area contributed by atoms with Gasteiger partial charge in [-0.1, -0.05) is 6.07 Å². The van der Waals surface area contributed by atoms with Crippen LogP contribution >= 0.6 is 0 Å². The van der Waals surface area contributed by atoms with E-state index in [1.54, 1.807) is 18.2 Å². The third-order valence-electron chi connectivity index (χ3n) is 3.60.